The molecular weight excluding hydrogens is 361 g/mol. The number of aromatic nitrogens is 2. The molecule has 0 saturated carbocycles. The number of amides is 1. The average Bonchev–Trinajstić information content (AvgIpc) is 3.37. The Balaban J connectivity index is 1.60. The number of thiophene rings is 1. The Morgan fingerprint density at radius 1 is 1.04 bits per heavy atom. The van der Waals surface area contributed by atoms with Crippen LogP contribution >= 0.6 is 11.3 Å². The van der Waals surface area contributed by atoms with E-state index in [1.54, 1.807) is 11.3 Å². The van der Waals surface area contributed by atoms with E-state index >= 15 is 0 Å². The zero-order valence-electron chi connectivity index (χ0n) is 14.3. The molecule has 0 aliphatic carbocycles. The van der Waals surface area contributed by atoms with Crippen molar-refractivity contribution in [2.75, 3.05) is 0 Å². The molecule has 4 aromatic rings. The molecule has 0 unspecified atom stereocenters. The first-order valence-electron chi connectivity index (χ1n) is 8.42. The van der Waals surface area contributed by atoms with Gasteiger partial charge in [0.15, 0.2) is 0 Å². The summed E-state index contributed by atoms with van der Waals surface area (Å²) in [5.41, 5.74) is 3.13. The van der Waals surface area contributed by atoms with Gasteiger partial charge in [0.1, 0.15) is 11.5 Å². The second kappa shape index (κ2) is 7.55. The van der Waals surface area contributed by atoms with Gasteiger partial charge in [0, 0.05) is 23.9 Å². The van der Waals surface area contributed by atoms with E-state index in [4.69, 9.17) is 5.10 Å². The molecule has 1 N–H and O–H groups in total. The zero-order chi connectivity index (χ0) is 18.6. The van der Waals surface area contributed by atoms with E-state index in [1.807, 2.05) is 58.7 Å². The highest BCUT2D eigenvalue weighted by Crippen LogP contribution is 2.27. The number of carbonyl (C=O) groups is 1. The second-order valence-corrected chi connectivity index (χ2v) is 6.90. The van der Waals surface area contributed by atoms with Crippen molar-refractivity contribution in [3.63, 3.8) is 0 Å². The minimum atomic E-state index is -0.365. The molecule has 0 saturated heterocycles. The van der Waals surface area contributed by atoms with Crippen LogP contribution in [0.5, 0.6) is 0 Å². The van der Waals surface area contributed by atoms with E-state index in [9.17, 15) is 9.18 Å². The molecule has 0 atom stereocenters. The standard InChI is InChI=1S/C21H16FN3OS/c22-17-10-8-15(9-11-17)21(26)23-13-16-14-25(18-5-2-1-3-6-18)24-20(16)19-7-4-12-27-19/h1-12,14H,13H2,(H,23,26). The van der Waals surface area contributed by atoms with Crippen LogP contribution in [0.3, 0.4) is 0 Å². The number of hydrogen-bond donors (Lipinski definition) is 1. The highest BCUT2D eigenvalue weighted by Gasteiger charge is 2.14. The molecule has 0 bridgehead atoms. The van der Waals surface area contributed by atoms with Gasteiger partial charge in [-0.05, 0) is 47.8 Å². The third-order valence-corrected chi connectivity index (χ3v) is 4.99. The van der Waals surface area contributed by atoms with Gasteiger partial charge in [0.05, 0.1) is 10.6 Å². The molecule has 2 aromatic heterocycles. The third-order valence-electron chi connectivity index (χ3n) is 4.11. The van der Waals surface area contributed by atoms with Crippen molar-refractivity contribution in [3.05, 3.63) is 95.3 Å². The largest absolute Gasteiger partial charge is 0.348 e. The van der Waals surface area contributed by atoms with Crippen molar-refractivity contribution in [2.45, 2.75) is 6.54 Å². The fourth-order valence-corrected chi connectivity index (χ4v) is 3.50. The molecule has 2 heterocycles. The summed E-state index contributed by atoms with van der Waals surface area (Å²) in [5.74, 6) is -0.616. The summed E-state index contributed by atoms with van der Waals surface area (Å²) in [6.45, 7) is 0.330. The topological polar surface area (TPSA) is 46.9 Å². The number of benzene rings is 2. The van der Waals surface area contributed by atoms with Crippen LogP contribution in [0.2, 0.25) is 0 Å². The first-order chi connectivity index (χ1) is 13.2. The number of carbonyl (C=O) groups excluding carboxylic acids is 1. The Bertz CT molecular complexity index is 1040. The minimum absolute atomic E-state index is 0.250. The second-order valence-electron chi connectivity index (χ2n) is 5.95. The minimum Gasteiger partial charge on any atom is -0.348 e. The number of para-hydroxylation sites is 1. The van der Waals surface area contributed by atoms with Crippen molar-refractivity contribution in [1.82, 2.24) is 15.1 Å². The van der Waals surface area contributed by atoms with Crippen molar-refractivity contribution in [2.24, 2.45) is 0 Å². The van der Waals surface area contributed by atoms with Gasteiger partial charge in [0.25, 0.3) is 5.91 Å². The Hall–Kier alpha value is -3.25. The van der Waals surface area contributed by atoms with Crippen LogP contribution in [0, 0.1) is 5.82 Å². The highest BCUT2D eigenvalue weighted by molar-refractivity contribution is 7.13. The first kappa shape index (κ1) is 17.2. The van der Waals surface area contributed by atoms with Crippen molar-refractivity contribution < 1.29 is 9.18 Å². The molecule has 4 nitrogen and oxygen atoms in total. The first-order valence-corrected chi connectivity index (χ1v) is 9.30. The van der Waals surface area contributed by atoms with Crippen LogP contribution < -0.4 is 5.32 Å². The highest BCUT2D eigenvalue weighted by atomic mass is 32.1. The Kier molecular flexibility index (Phi) is 4.80. The number of halogens is 1. The molecule has 6 heteroatoms. The molecule has 0 aliphatic heterocycles. The lowest BCUT2D eigenvalue weighted by Crippen LogP contribution is -2.22. The van der Waals surface area contributed by atoms with Gasteiger partial charge < -0.3 is 5.32 Å². The number of hydrogen-bond acceptors (Lipinski definition) is 3. The molecule has 0 fully saturated rings. The van der Waals surface area contributed by atoms with Gasteiger partial charge >= 0.3 is 0 Å². The molecule has 0 aliphatic rings. The summed E-state index contributed by atoms with van der Waals surface area (Å²) in [6.07, 6.45) is 1.93. The summed E-state index contributed by atoms with van der Waals surface area (Å²) < 4.78 is 14.8. The van der Waals surface area contributed by atoms with E-state index in [-0.39, 0.29) is 11.7 Å². The Labute approximate surface area is 159 Å². The lowest BCUT2D eigenvalue weighted by molar-refractivity contribution is 0.0951. The molecule has 4 rings (SSSR count). The lowest BCUT2D eigenvalue weighted by Gasteiger charge is -2.05. The van der Waals surface area contributed by atoms with E-state index in [0.717, 1.165) is 21.8 Å². The third kappa shape index (κ3) is 3.80. The maximum Gasteiger partial charge on any atom is 0.251 e. The lowest BCUT2D eigenvalue weighted by atomic mass is 10.2. The van der Waals surface area contributed by atoms with Crippen LogP contribution in [0.15, 0.2) is 78.3 Å². The maximum atomic E-state index is 13.0. The van der Waals surface area contributed by atoms with Crippen LogP contribution in [0.1, 0.15) is 15.9 Å². The SMILES string of the molecule is O=C(NCc1cn(-c2ccccc2)nc1-c1cccs1)c1ccc(F)cc1. The van der Waals surface area contributed by atoms with Gasteiger partial charge in [-0.1, -0.05) is 24.3 Å². The Morgan fingerprint density at radius 2 is 1.81 bits per heavy atom. The average molecular weight is 377 g/mol. The molecule has 2 aromatic carbocycles. The maximum absolute atomic E-state index is 13.0. The molecule has 27 heavy (non-hydrogen) atoms. The van der Waals surface area contributed by atoms with Gasteiger partial charge in [-0.25, -0.2) is 9.07 Å². The molecule has 0 spiro atoms. The molecule has 0 radical (unpaired) electrons. The summed E-state index contributed by atoms with van der Waals surface area (Å²) in [6, 6.07) is 19.3. The predicted octanol–water partition coefficient (Wildman–Crippen LogP) is 4.67. The monoisotopic (exact) mass is 377 g/mol. The summed E-state index contributed by atoms with van der Waals surface area (Å²) in [5, 5.41) is 9.60. The van der Waals surface area contributed by atoms with E-state index in [2.05, 4.69) is 5.32 Å². The quantitative estimate of drug-likeness (QED) is 0.549. The molecule has 1 amide bonds. The van der Waals surface area contributed by atoms with E-state index in [0.29, 0.717) is 12.1 Å². The fourth-order valence-electron chi connectivity index (χ4n) is 2.75. The normalized spacial score (nSPS) is 10.7. The summed E-state index contributed by atoms with van der Waals surface area (Å²) >= 11 is 1.60. The molecule has 134 valence electrons. The van der Waals surface area contributed by atoms with Crippen LogP contribution in [-0.4, -0.2) is 15.7 Å². The van der Waals surface area contributed by atoms with E-state index in [1.165, 1.54) is 24.3 Å². The van der Waals surface area contributed by atoms with Crippen LogP contribution in [0.25, 0.3) is 16.3 Å². The van der Waals surface area contributed by atoms with Gasteiger partial charge in [-0.2, -0.15) is 5.10 Å². The zero-order valence-corrected chi connectivity index (χ0v) is 15.1. The summed E-state index contributed by atoms with van der Waals surface area (Å²) in [7, 11) is 0. The van der Waals surface area contributed by atoms with Crippen molar-refractivity contribution in [1.29, 1.82) is 0 Å². The Morgan fingerprint density at radius 3 is 2.52 bits per heavy atom. The molecular formula is C21H16FN3OS. The van der Waals surface area contributed by atoms with E-state index < -0.39 is 0 Å². The van der Waals surface area contributed by atoms with Gasteiger partial charge in [0.2, 0.25) is 0 Å². The van der Waals surface area contributed by atoms with Crippen LogP contribution in [0.4, 0.5) is 4.39 Å². The number of rotatable bonds is 5. The van der Waals surface area contributed by atoms with Crippen molar-refractivity contribution in [3.8, 4) is 16.3 Å². The predicted molar refractivity (Wildman–Crippen MR) is 104 cm³/mol. The van der Waals surface area contributed by atoms with Crippen LogP contribution in [-0.2, 0) is 6.54 Å². The van der Waals surface area contributed by atoms with Gasteiger partial charge in [-0.15, -0.1) is 11.3 Å². The smallest absolute Gasteiger partial charge is 0.251 e. The van der Waals surface area contributed by atoms with Crippen molar-refractivity contribution >= 4 is 17.2 Å². The van der Waals surface area contributed by atoms with Gasteiger partial charge in [-0.3, -0.25) is 4.79 Å². The number of nitrogens with zero attached hydrogens (tertiary/aromatic N) is 2. The fraction of sp³-hybridized carbons (Fsp3) is 0.0476. The number of nitrogens with one attached hydrogen (secondary N) is 1. The summed E-state index contributed by atoms with van der Waals surface area (Å²) in [4.78, 5) is 13.4.